The summed E-state index contributed by atoms with van der Waals surface area (Å²) in [5, 5.41) is 11.7. The number of esters is 1. The standard InChI is InChI=1S/C9H17NO5/c1-9(6-14-2,8(12)13)10-5-4-7(11)15-3/h10H,4-6H2,1-3H3,(H,12,13). The quantitative estimate of drug-likeness (QED) is 0.568. The fourth-order valence-electron chi connectivity index (χ4n) is 1.02. The van der Waals surface area contributed by atoms with E-state index in [0.717, 1.165) is 0 Å². The fraction of sp³-hybridized carbons (Fsp3) is 0.778. The van der Waals surface area contributed by atoms with Crippen molar-refractivity contribution in [3.8, 4) is 0 Å². The lowest BCUT2D eigenvalue weighted by atomic mass is 10.0. The van der Waals surface area contributed by atoms with Crippen molar-refractivity contribution in [3.63, 3.8) is 0 Å². The van der Waals surface area contributed by atoms with Gasteiger partial charge in [0.25, 0.3) is 0 Å². The number of rotatable bonds is 7. The highest BCUT2D eigenvalue weighted by atomic mass is 16.5. The second-order valence-corrected chi connectivity index (χ2v) is 3.32. The molecular formula is C9H17NO5. The smallest absolute Gasteiger partial charge is 0.326 e. The lowest BCUT2D eigenvalue weighted by Gasteiger charge is -2.25. The Morgan fingerprint density at radius 2 is 2.00 bits per heavy atom. The maximum absolute atomic E-state index is 10.9. The molecule has 0 heterocycles. The molecule has 88 valence electrons. The fourth-order valence-corrected chi connectivity index (χ4v) is 1.02. The van der Waals surface area contributed by atoms with Gasteiger partial charge in [-0.1, -0.05) is 0 Å². The van der Waals surface area contributed by atoms with E-state index in [4.69, 9.17) is 9.84 Å². The van der Waals surface area contributed by atoms with Crippen LogP contribution in [0.5, 0.6) is 0 Å². The molecule has 0 bridgehead atoms. The number of ether oxygens (including phenoxy) is 2. The van der Waals surface area contributed by atoms with E-state index in [-0.39, 0.29) is 25.5 Å². The maximum Gasteiger partial charge on any atom is 0.326 e. The summed E-state index contributed by atoms with van der Waals surface area (Å²) in [6, 6.07) is 0. The third-order valence-electron chi connectivity index (χ3n) is 1.98. The molecule has 2 N–H and O–H groups in total. The molecule has 6 heteroatoms. The number of carbonyl (C=O) groups excluding carboxylic acids is 1. The van der Waals surface area contributed by atoms with Crippen LogP contribution in [0.1, 0.15) is 13.3 Å². The first-order valence-electron chi connectivity index (χ1n) is 4.50. The summed E-state index contributed by atoms with van der Waals surface area (Å²) in [7, 11) is 2.71. The lowest BCUT2D eigenvalue weighted by Crippen LogP contribution is -2.53. The molecule has 0 aliphatic carbocycles. The Morgan fingerprint density at radius 1 is 1.40 bits per heavy atom. The summed E-state index contributed by atoms with van der Waals surface area (Å²) in [6.07, 6.45) is 0.128. The zero-order valence-corrected chi connectivity index (χ0v) is 9.20. The Bertz CT molecular complexity index is 231. The molecule has 6 nitrogen and oxygen atoms in total. The van der Waals surface area contributed by atoms with Crippen molar-refractivity contribution in [2.75, 3.05) is 27.4 Å². The highest BCUT2D eigenvalue weighted by Crippen LogP contribution is 2.04. The van der Waals surface area contributed by atoms with Gasteiger partial charge in [0.15, 0.2) is 0 Å². The minimum Gasteiger partial charge on any atom is -0.480 e. The topological polar surface area (TPSA) is 84.9 Å². The van der Waals surface area contributed by atoms with E-state index in [0.29, 0.717) is 0 Å². The van der Waals surface area contributed by atoms with E-state index in [9.17, 15) is 9.59 Å². The van der Waals surface area contributed by atoms with Crippen molar-refractivity contribution in [1.29, 1.82) is 0 Å². The van der Waals surface area contributed by atoms with Gasteiger partial charge in [-0.2, -0.15) is 0 Å². The van der Waals surface area contributed by atoms with E-state index in [2.05, 4.69) is 10.1 Å². The molecule has 0 aromatic rings. The minimum absolute atomic E-state index is 0.0313. The average molecular weight is 219 g/mol. The van der Waals surface area contributed by atoms with Crippen molar-refractivity contribution in [3.05, 3.63) is 0 Å². The van der Waals surface area contributed by atoms with Gasteiger partial charge in [-0.25, -0.2) is 0 Å². The van der Waals surface area contributed by atoms with Gasteiger partial charge in [0.1, 0.15) is 5.54 Å². The van der Waals surface area contributed by atoms with Gasteiger partial charge < -0.3 is 14.6 Å². The highest BCUT2D eigenvalue weighted by molar-refractivity contribution is 5.78. The van der Waals surface area contributed by atoms with Crippen molar-refractivity contribution < 1.29 is 24.2 Å². The largest absolute Gasteiger partial charge is 0.480 e. The first kappa shape index (κ1) is 13.9. The van der Waals surface area contributed by atoms with Gasteiger partial charge in [0.05, 0.1) is 20.1 Å². The Balaban J connectivity index is 4.08. The molecule has 0 fully saturated rings. The van der Waals surface area contributed by atoms with Crippen LogP contribution in [0.3, 0.4) is 0 Å². The minimum atomic E-state index is -1.18. The van der Waals surface area contributed by atoms with E-state index in [1.807, 2.05) is 0 Å². The van der Waals surface area contributed by atoms with E-state index in [1.165, 1.54) is 21.1 Å². The predicted octanol–water partition coefficient (Wildman–Crippen LogP) is -0.371. The molecule has 0 radical (unpaired) electrons. The molecule has 0 aromatic carbocycles. The molecule has 0 spiro atoms. The highest BCUT2D eigenvalue weighted by Gasteiger charge is 2.32. The van der Waals surface area contributed by atoms with Crippen LogP contribution in [0.2, 0.25) is 0 Å². The van der Waals surface area contributed by atoms with Crippen LogP contribution in [0, 0.1) is 0 Å². The summed E-state index contributed by atoms with van der Waals surface area (Å²) in [5.41, 5.74) is -1.18. The van der Waals surface area contributed by atoms with Crippen molar-refractivity contribution in [2.45, 2.75) is 18.9 Å². The molecule has 0 aromatic heterocycles. The Labute approximate surface area is 88.6 Å². The molecule has 0 aliphatic rings. The third-order valence-corrected chi connectivity index (χ3v) is 1.98. The zero-order valence-electron chi connectivity index (χ0n) is 9.20. The van der Waals surface area contributed by atoms with E-state index >= 15 is 0 Å². The van der Waals surface area contributed by atoms with Crippen molar-refractivity contribution in [1.82, 2.24) is 5.32 Å². The first-order chi connectivity index (χ1) is 6.96. The first-order valence-corrected chi connectivity index (χ1v) is 4.50. The number of methoxy groups -OCH3 is 2. The maximum atomic E-state index is 10.9. The molecule has 0 amide bonds. The lowest BCUT2D eigenvalue weighted by molar-refractivity contribution is -0.147. The van der Waals surface area contributed by atoms with Crippen molar-refractivity contribution >= 4 is 11.9 Å². The second-order valence-electron chi connectivity index (χ2n) is 3.32. The number of carboxylic acids is 1. The number of hydrogen-bond donors (Lipinski definition) is 2. The molecule has 0 saturated heterocycles. The summed E-state index contributed by atoms with van der Waals surface area (Å²) in [6.45, 7) is 1.76. The zero-order chi connectivity index (χ0) is 11.9. The predicted molar refractivity (Wildman–Crippen MR) is 52.6 cm³/mol. The van der Waals surface area contributed by atoms with Crippen LogP contribution in [-0.4, -0.2) is 50.0 Å². The Hall–Kier alpha value is -1.14. The molecule has 0 rings (SSSR count). The van der Waals surface area contributed by atoms with Crippen LogP contribution in [0.25, 0.3) is 0 Å². The van der Waals surface area contributed by atoms with Crippen LogP contribution in [-0.2, 0) is 19.1 Å². The number of nitrogens with one attached hydrogen (secondary N) is 1. The Kier molecular flexibility index (Phi) is 5.88. The van der Waals surface area contributed by atoms with Gasteiger partial charge in [-0.05, 0) is 6.92 Å². The average Bonchev–Trinajstić information content (AvgIpc) is 2.17. The number of aliphatic carboxylic acids is 1. The molecule has 0 saturated carbocycles. The second kappa shape index (κ2) is 6.36. The van der Waals surface area contributed by atoms with Gasteiger partial charge in [-0.3, -0.25) is 14.9 Å². The monoisotopic (exact) mass is 219 g/mol. The summed E-state index contributed by atoms with van der Waals surface area (Å²) in [5.74, 6) is -1.40. The molecule has 15 heavy (non-hydrogen) atoms. The molecular weight excluding hydrogens is 202 g/mol. The number of hydrogen-bond acceptors (Lipinski definition) is 5. The summed E-state index contributed by atoms with van der Waals surface area (Å²) < 4.78 is 9.22. The third kappa shape index (κ3) is 4.75. The Morgan fingerprint density at radius 3 is 2.40 bits per heavy atom. The van der Waals surface area contributed by atoms with Crippen molar-refractivity contribution in [2.24, 2.45) is 0 Å². The SMILES string of the molecule is COCC(C)(NCCC(=O)OC)C(=O)O. The van der Waals surface area contributed by atoms with E-state index in [1.54, 1.807) is 0 Å². The number of carbonyl (C=O) groups is 2. The summed E-state index contributed by atoms with van der Waals surface area (Å²) >= 11 is 0. The van der Waals surface area contributed by atoms with Crippen LogP contribution in [0.15, 0.2) is 0 Å². The van der Waals surface area contributed by atoms with Crippen LogP contribution in [0.4, 0.5) is 0 Å². The van der Waals surface area contributed by atoms with Gasteiger partial charge in [0, 0.05) is 13.7 Å². The molecule has 1 atom stereocenters. The normalized spacial score (nSPS) is 14.3. The van der Waals surface area contributed by atoms with Crippen LogP contribution >= 0.6 is 0 Å². The van der Waals surface area contributed by atoms with Gasteiger partial charge >= 0.3 is 11.9 Å². The molecule has 0 aliphatic heterocycles. The summed E-state index contributed by atoms with van der Waals surface area (Å²) in [4.78, 5) is 21.7. The van der Waals surface area contributed by atoms with Crippen LogP contribution < -0.4 is 5.32 Å². The molecule has 1 unspecified atom stereocenters. The van der Waals surface area contributed by atoms with E-state index < -0.39 is 11.5 Å². The van der Waals surface area contributed by atoms with Gasteiger partial charge in [0.2, 0.25) is 0 Å². The number of carboxylic acid groups (broad SMARTS) is 1. The van der Waals surface area contributed by atoms with Gasteiger partial charge in [-0.15, -0.1) is 0 Å².